The molecule has 21 heavy (non-hydrogen) atoms. The van der Waals surface area contributed by atoms with Crippen LogP contribution in [0.5, 0.6) is 0 Å². The number of aliphatic hydroxyl groups excluding tert-OH is 1. The average Bonchev–Trinajstić information content (AvgIpc) is 2.42. The van der Waals surface area contributed by atoms with Crippen LogP contribution >= 0.6 is 0 Å². The Morgan fingerprint density at radius 2 is 1.95 bits per heavy atom. The lowest BCUT2D eigenvalue weighted by Crippen LogP contribution is -2.43. The molecule has 1 aromatic carbocycles. The summed E-state index contributed by atoms with van der Waals surface area (Å²) >= 11 is 0. The summed E-state index contributed by atoms with van der Waals surface area (Å²) in [5, 5.41) is 12.4. The lowest BCUT2D eigenvalue weighted by Gasteiger charge is -2.28. The summed E-state index contributed by atoms with van der Waals surface area (Å²) in [7, 11) is 1.81. The van der Waals surface area contributed by atoms with Gasteiger partial charge in [-0.15, -0.1) is 0 Å². The van der Waals surface area contributed by atoms with Crippen molar-refractivity contribution >= 4 is 6.03 Å². The van der Waals surface area contributed by atoms with Crippen molar-refractivity contribution in [3.05, 3.63) is 35.9 Å². The SMILES string of the molecule is CC(O)CC(C)(C)CNC(=O)N(C)CCc1ccccc1. The second-order valence-electron chi connectivity index (χ2n) is 6.53. The molecule has 0 aliphatic carbocycles. The number of hydrogen-bond acceptors (Lipinski definition) is 2. The van der Waals surface area contributed by atoms with Gasteiger partial charge in [-0.25, -0.2) is 4.79 Å². The van der Waals surface area contributed by atoms with E-state index in [4.69, 9.17) is 0 Å². The molecule has 0 aliphatic heterocycles. The van der Waals surface area contributed by atoms with E-state index < -0.39 is 0 Å². The van der Waals surface area contributed by atoms with Crippen molar-refractivity contribution in [1.82, 2.24) is 10.2 Å². The quantitative estimate of drug-likeness (QED) is 0.812. The van der Waals surface area contributed by atoms with E-state index >= 15 is 0 Å². The molecule has 0 fully saturated rings. The Bertz CT molecular complexity index is 430. The molecule has 2 N–H and O–H groups in total. The maximum Gasteiger partial charge on any atom is 0.317 e. The first kappa shape index (κ1) is 17.5. The number of aliphatic hydroxyl groups is 1. The van der Waals surface area contributed by atoms with E-state index in [1.807, 2.05) is 32.0 Å². The maximum atomic E-state index is 12.0. The van der Waals surface area contributed by atoms with Gasteiger partial charge in [-0.2, -0.15) is 0 Å². The number of amides is 2. The van der Waals surface area contributed by atoms with Crippen molar-refractivity contribution in [3.8, 4) is 0 Å². The highest BCUT2D eigenvalue weighted by molar-refractivity contribution is 5.73. The Morgan fingerprint density at radius 3 is 2.52 bits per heavy atom. The highest BCUT2D eigenvalue weighted by Gasteiger charge is 2.21. The van der Waals surface area contributed by atoms with Crippen LogP contribution in [0.1, 0.15) is 32.8 Å². The molecule has 118 valence electrons. The molecule has 4 nitrogen and oxygen atoms in total. The topological polar surface area (TPSA) is 52.6 Å². The van der Waals surface area contributed by atoms with Gasteiger partial charge in [0.05, 0.1) is 6.10 Å². The molecule has 1 unspecified atom stereocenters. The minimum absolute atomic E-state index is 0.0652. The van der Waals surface area contributed by atoms with Crippen molar-refractivity contribution in [1.29, 1.82) is 0 Å². The smallest absolute Gasteiger partial charge is 0.317 e. The van der Waals surface area contributed by atoms with Crippen molar-refractivity contribution in [2.24, 2.45) is 5.41 Å². The number of carbonyl (C=O) groups is 1. The predicted octanol–water partition coefficient (Wildman–Crippen LogP) is 2.67. The highest BCUT2D eigenvalue weighted by Crippen LogP contribution is 2.21. The molecular formula is C17H28N2O2. The van der Waals surface area contributed by atoms with E-state index in [1.54, 1.807) is 18.9 Å². The van der Waals surface area contributed by atoms with E-state index in [-0.39, 0.29) is 17.6 Å². The van der Waals surface area contributed by atoms with E-state index in [0.29, 0.717) is 19.5 Å². The van der Waals surface area contributed by atoms with E-state index in [9.17, 15) is 9.90 Å². The lowest BCUT2D eigenvalue weighted by atomic mass is 9.87. The van der Waals surface area contributed by atoms with E-state index in [0.717, 1.165) is 6.42 Å². The van der Waals surface area contributed by atoms with Crippen LogP contribution in [0.25, 0.3) is 0 Å². The van der Waals surface area contributed by atoms with Crippen LogP contribution in [0.2, 0.25) is 0 Å². The minimum Gasteiger partial charge on any atom is -0.393 e. The molecule has 0 saturated carbocycles. The number of benzene rings is 1. The van der Waals surface area contributed by atoms with Crippen LogP contribution in [0, 0.1) is 5.41 Å². The van der Waals surface area contributed by atoms with Gasteiger partial charge in [-0.1, -0.05) is 44.2 Å². The minimum atomic E-state index is -0.354. The molecule has 1 aromatic rings. The van der Waals surface area contributed by atoms with Gasteiger partial charge >= 0.3 is 6.03 Å². The third-order valence-corrected chi connectivity index (χ3v) is 3.49. The molecule has 0 heterocycles. The molecule has 0 spiro atoms. The molecule has 1 atom stereocenters. The van der Waals surface area contributed by atoms with Crippen LogP contribution in [-0.4, -0.2) is 42.3 Å². The summed E-state index contributed by atoms with van der Waals surface area (Å²) in [6.07, 6.45) is 1.16. The fraction of sp³-hybridized carbons (Fsp3) is 0.588. The molecule has 0 aliphatic rings. The predicted molar refractivity (Wildman–Crippen MR) is 86.3 cm³/mol. The molecule has 0 saturated heterocycles. The number of carbonyl (C=O) groups excluding carboxylic acids is 1. The number of rotatable bonds is 7. The largest absolute Gasteiger partial charge is 0.393 e. The van der Waals surface area contributed by atoms with Gasteiger partial charge in [0.2, 0.25) is 0 Å². The van der Waals surface area contributed by atoms with Gasteiger partial charge in [0, 0.05) is 20.1 Å². The molecule has 0 radical (unpaired) electrons. The monoisotopic (exact) mass is 292 g/mol. The first-order valence-electron chi connectivity index (χ1n) is 7.51. The number of urea groups is 1. The third kappa shape index (κ3) is 7.14. The molecule has 2 amide bonds. The van der Waals surface area contributed by atoms with Crippen LogP contribution in [0.4, 0.5) is 4.79 Å². The Kier molecular flexibility index (Phi) is 6.69. The number of nitrogens with one attached hydrogen (secondary N) is 1. The zero-order valence-corrected chi connectivity index (χ0v) is 13.6. The van der Waals surface area contributed by atoms with Gasteiger partial charge in [-0.3, -0.25) is 0 Å². The van der Waals surface area contributed by atoms with Gasteiger partial charge in [0.1, 0.15) is 0 Å². The lowest BCUT2D eigenvalue weighted by molar-refractivity contribution is 0.127. The van der Waals surface area contributed by atoms with Crippen molar-refractivity contribution in [2.45, 2.75) is 39.7 Å². The zero-order valence-electron chi connectivity index (χ0n) is 13.6. The van der Waals surface area contributed by atoms with Gasteiger partial charge in [0.25, 0.3) is 0 Å². The Labute approximate surface area is 128 Å². The van der Waals surface area contributed by atoms with Crippen molar-refractivity contribution < 1.29 is 9.90 Å². The van der Waals surface area contributed by atoms with Crippen LogP contribution in [0.3, 0.4) is 0 Å². The summed E-state index contributed by atoms with van der Waals surface area (Å²) in [5.74, 6) is 0. The fourth-order valence-electron chi connectivity index (χ4n) is 2.36. The van der Waals surface area contributed by atoms with Crippen LogP contribution in [-0.2, 0) is 6.42 Å². The van der Waals surface area contributed by atoms with Gasteiger partial charge in [0.15, 0.2) is 0 Å². The normalized spacial score (nSPS) is 12.8. The Balaban J connectivity index is 2.34. The molecule has 4 heteroatoms. The summed E-state index contributed by atoms with van der Waals surface area (Å²) in [4.78, 5) is 13.7. The standard InChI is InChI=1S/C17H28N2O2/c1-14(20)12-17(2,3)13-18-16(21)19(4)11-10-15-8-6-5-7-9-15/h5-9,14,20H,10-13H2,1-4H3,(H,18,21). The fourth-order valence-corrected chi connectivity index (χ4v) is 2.36. The van der Waals surface area contributed by atoms with Crippen molar-refractivity contribution in [2.75, 3.05) is 20.1 Å². The molecular weight excluding hydrogens is 264 g/mol. The second-order valence-corrected chi connectivity index (χ2v) is 6.53. The first-order valence-corrected chi connectivity index (χ1v) is 7.51. The third-order valence-electron chi connectivity index (χ3n) is 3.49. The number of hydrogen-bond donors (Lipinski definition) is 2. The molecule has 0 bridgehead atoms. The maximum absolute atomic E-state index is 12.0. The average molecular weight is 292 g/mol. The van der Waals surface area contributed by atoms with Crippen LogP contribution in [0.15, 0.2) is 30.3 Å². The summed E-state index contributed by atoms with van der Waals surface area (Å²) in [6, 6.07) is 10.1. The Hall–Kier alpha value is -1.55. The summed E-state index contributed by atoms with van der Waals surface area (Å²) in [6.45, 7) is 7.11. The molecule has 1 rings (SSSR count). The van der Waals surface area contributed by atoms with Gasteiger partial charge in [-0.05, 0) is 30.7 Å². The number of nitrogens with zero attached hydrogens (tertiary/aromatic N) is 1. The van der Waals surface area contributed by atoms with Crippen LogP contribution < -0.4 is 5.32 Å². The zero-order chi connectivity index (χ0) is 15.9. The summed E-state index contributed by atoms with van der Waals surface area (Å²) < 4.78 is 0. The molecule has 0 aromatic heterocycles. The summed E-state index contributed by atoms with van der Waals surface area (Å²) in [5.41, 5.74) is 1.12. The van der Waals surface area contributed by atoms with E-state index in [1.165, 1.54) is 5.56 Å². The number of likely N-dealkylation sites (N-methyl/N-ethyl adjacent to an activating group) is 1. The second kappa shape index (κ2) is 8.03. The van der Waals surface area contributed by atoms with E-state index in [2.05, 4.69) is 17.4 Å². The van der Waals surface area contributed by atoms with Gasteiger partial charge < -0.3 is 15.3 Å². The Morgan fingerprint density at radius 1 is 1.33 bits per heavy atom. The van der Waals surface area contributed by atoms with Crippen molar-refractivity contribution in [3.63, 3.8) is 0 Å². The highest BCUT2D eigenvalue weighted by atomic mass is 16.3. The first-order chi connectivity index (χ1) is 9.80.